The highest BCUT2D eigenvalue weighted by molar-refractivity contribution is 5.93. The molecule has 14 heavy (non-hydrogen) atoms. The van der Waals surface area contributed by atoms with Crippen LogP contribution < -0.4 is 16.8 Å². The molecule has 1 aromatic carbocycles. The highest BCUT2D eigenvalue weighted by Gasteiger charge is 2.15. The molecule has 1 heterocycles. The van der Waals surface area contributed by atoms with E-state index in [1.807, 2.05) is 18.2 Å². The second-order valence-corrected chi connectivity index (χ2v) is 3.49. The van der Waals surface area contributed by atoms with Crippen molar-refractivity contribution in [2.24, 2.45) is 11.5 Å². The van der Waals surface area contributed by atoms with Crippen molar-refractivity contribution < 1.29 is 4.79 Å². The van der Waals surface area contributed by atoms with Gasteiger partial charge in [-0.15, -0.1) is 0 Å². The molecule has 2 rings (SSSR count). The Morgan fingerprint density at radius 1 is 1.29 bits per heavy atom. The molecule has 1 aliphatic rings. The fraction of sp³-hybridized carbons (Fsp3) is 0.300. The molecule has 4 heteroatoms. The first kappa shape index (κ1) is 9.18. The lowest BCUT2D eigenvalue weighted by Gasteiger charge is -2.18. The zero-order chi connectivity index (χ0) is 10.1. The Balaban J connectivity index is 2.36. The van der Waals surface area contributed by atoms with Crippen LogP contribution in [0.4, 0.5) is 5.69 Å². The number of fused-ring (bicyclic) bond motifs is 1. The zero-order valence-electron chi connectivity index (χ0n) is 7.79. The Kier molecular flexibility index (Phi) is 2.23. The number of hydrogen-bond acceptors (Lipinski definition) is 3. The number of carbonyl (C=O) groups is 1. The van der Waals surface area contributed by atoms with Gasteiger partial charge < -0.3 is 16.8 Å². The predicted molar refractivity (Wildman–Crippen MR) is 54.5 cm³/mol. The van der Waals surface area contributed by atoms with Crippen LogP contribution in [-0.4, -0.2) is 5.91 Å². The summed E-state index contributed by atoms with van der Waals surface area (Å²) >= 11 is 0. The lowest BCUT2D eigenvalue weighted by Crippen LogP contribution is -2.22. The number of carbonyl (C=O) groups excluding carboxylic acids is 1. The largest absolute Gasteiger partial charge is 0.326 e. The number of nitrogens with two attached hydrogens (primary N) is 2. The smallest absolute Gasteiger partial charge is 0.224 e. The van der Waals surface area contributed by atoms with Gasteiger partial charge in [0.2, 0.25) is 5.91 Å². The molecule has 0 unspecified atom stereocenters. The Hall–Kier alpha value is -1.39. The number of rotatable bonds is 1. The molecule has 74 valence electrons. The first-order valence-corrected chi connectivity index (χ1v) is 4.60. The van der Waals surface area contributed by atoms with E-state index in [0.717, 1.165) is 23.2 Å². The van der Waals surface area contributed by atoms with Gasteiger partial charge >= 0.3 is 0 Å². The SMILES string of the molecule is NC(N)c1ccc2c(c1)CCC(=O)N2. The second-order valence-electron chi connectivity index (χ2n) is 3.49. The normalized spacial score (nSPS) is 15.2. The summed E-state index contributed by atoms with van der Waals surface area (Å²) in [6.45, 7) is 0. The van der Waals surface area contributed by atoms with E-state index in [0.29, 0.717) is 6.42 Å². The average Bonchev–Trinajstić information content (AvgIpc) is 2.16. The van der Waals surface area contributed by atoms with Crippen molar-refractivity contribution in [1.82, 2.24) is 0 Å². The molecule has 1 aromatic rings. The van der Waals surface area contributed by atoms with Gasteiger partial charge in [0, 0.05) is 12.1 Å². The third-order valence-corrected chi connectivity index (χ3v) is 2.41. The van der Waals surface area contributed by atoms with E-state index < -0.39 is 6.17 Å². The van der Waals surface area contributed by atoms with Crippen LogP contribution in [0.1, 0.15) is 23.7 Å². The molecule has 0 bridgehead atoms. The molecule has 0 aliphatic carbocycles. The van der Waals surface area contributed by atoms with Gasteiger partial charge in [-0.1, -0.05) is 12.1 Å². The van der Waals surface area contributed by atoms with Crippen molar-refractivity contribution >= 4 is 11.6 Å². The van der Waals surface area contributed by atoms with Gasteiger partial charge in [0.15, 0.2) is 0 Å². The van der Waals surface area contributed by atoms with Gasteiger partial charge in [0.1, 0.15) is 0 Å². The third-order valence-electron chi connectivity index (χ3n) is 2.41. The molecular weight excluding hydrogens is 178 g/mol. The molecule has 4 nitrogen and oxygen atoms in total. The van der Waals surface area contributed by atoms with Gasteiger partial charge in [-0.25, -0.2) is 0 Å². The molecule has 0 fully saturated rings. The Morgan fingerprint density at radius 2 is 2.07 bits per heavy atom. The number of aryl methyl sites for hydroxylation is 1. The Labute approximate surface area is 82.3 Å². The number of anilines is 1. The van der Waals surface area contributed by atoms with Crippen LogP contribution in [0.5, 0.6) is 0 Å². The van der Waals surface area contributed by atoms with E-state index in [1.54, 1.807) is 0 Å². The standard InChI is InChI=1S/C10H13N3O/c11-10(12)7-1-3-8-6(5-7)2-4-9(14)13-8/h1,3,5,10H,2,4,11-12H2,(H,13,14). The number of hydrogen-bond donors (Lipinski definition) is 3. The molecule has 1 aliphatic heterocycles. The lowest BCUT2D eigenvalue weighted by molar-refractivity contribution is -0.116. The molecule has 0 atom stereocenters. The Bertz CT molecular complexity index is 374. The van der Waals surface area contributed by atoms with E-state index >= 15 is 0 Å². The van der Waals surface area contributed by atoms with Gasteiger partial charge in [0.05, 0.1) is 6.17 Å². The topological polar surface area (TPSA) is 81.1 Å². The number of amides is 1. The molecular formula is C10H13N3O. The monoisotopic (exact) mass is 191 g/mol. The van der Waals surface area contributed by atoms with Crippen molar-refractivity contribution in [2.45, 2.75) is 19.0 Å². The Morgan fingerprint density at radius 3 is 2.79 bits per heavy atom. The summed E-state index contributed by atoms with van der Waals surface area (Å²) in [7, 11) is 0. The minimum atomic E-state index is -0.446. The van der Waals surface area contributed by atoms with Crippen LogP contribution in [0.25, 0.3) is 0 Å². The van der Waals surface area contributed by atoms with Crippen LogP contribution in [0.15, 0.2) is 18.2 Å². The highest BCUT2D eigenvalue weighted by atomic mass is 16.1. The van der Waals surface area contributed by atoms with E-state index in [2.05, 4.69) is 5.32 Å². The third kappa shape index (κ3) is 1.62. The maximum absolute atomic E-state index is 11.1. The van der Waals surface area contributed by atoms with E-state index in [4.69, 9.17) is 11.5 Å². The summed E-state index contributed by atoms with van der Waals surface area (Å²) in [5.41, 5.74) is 14.0. The summed E-state index contributed by atoms with van der Waals surface area (Å²) in [6.07, 6.45) is 0.857. The molecule has 0 radical (unpaired) electrons. The minimum Gasteiger partial charge on any atom is -0.326 e. The predicted octanol–water partition coefficient (Wildman–Crippen LogP) is 0.487. The van der Waals surface area contributed by atoms with Crippen molar-refractivity contribution in [1.29, 1.82) is 0 Å². The fourth-order valence-electron chi connectivity index (χ4n) is 1.61. The lowest BCUT2D eigenvalue weighted by atomic mass is 10.00. The second kappa shape index (κ2) is 3.40. The van der Waals surface area contributed by atoms with Crippen LogP contribution >= 0.6 is 0 Å². The van der Waals surface area contributed by atoms with E-state index in [9.17, 15) is 4.79 Å². The van der Waals surface area contributed by atoms with Gasteiger partial charge in [-0.2, -0.15) is 0 Å². The summed E-state index contributed by atoms with van der Waals surface area (Å²) in [5.74, 6) is 0.0716. The van der Waals surface area contributed by atoms with Crippen LogP contribution in [0, 0.1) is 0 Å². The van der Waals surface area contributed by atoms with Gasteiger partial charge in [0.25, 0.3) is 0 Å². The number of nitrogens with one attached hydrogen (secondary N) is 1. The van der Waals surface area contributed by atoms with Crippen LogP contribution in [-0.2, 0) is 11.2 Å². The quantitative estimate of drug-likeness (QED) is 0.565. The minimum absolute atomic E-state index is 0.0716. The molecule has 5 N–H and O–H groups in total. The van der Waals surface area contributed by atoms with Crippen molar-refractivity contribution in [2.75, 3.05) is 5.32 Å². The summed E-state index contributed by atoms with van der Waals surface area (Å²) in [5, 5.41) is 2.81. The molecule has 0 aromatic heterocycles. The maximum atomic E-state index is 11.1. The zero-order valence-corrected chi connectivity index (χ0v) is 7.79. The summed E-state index contributed by atoms with van der Waals surface area (Å²) in [4.78, 5) is 11.1. The van der Waals surface area contributed by atoms with Gasteiger partial charge in [-0.05, 0) is 23.6 Å². The summed E-state index contributed by atoms with van der Waals surface area (Å²) in [6, 6.07) is 5.66. The van der Waals surface area contributed by atoms with E-state index in [-0.39, 0.29) is 5.91 Å². The van der Waals surface area contributed by atoms with Crippen molar-refractivity contribution in [3.8, 4) is 0 Å². The molecule has 0 spiro atoms. The highest BCUT2D eigenvalue weighted by Crippen LogP contribution is 2.24. The first-order valence-electron chi connectivity index (χ1n) is 4.60. The fourth-order valence-corrected chi connectivity index (χ4v) is 1.61. The number of benzene rings is 1. The molecule has 1 amide bonds. The van der Waals surface area contributed by atoms with Gasteiger partial charge in [-0.3, -0.25) is 4.79 Å². The molecule has 0 saturated carbocycles. The van der Waals surface area contributed by atoms with Crippen molar-refractivity contribution in [3.05, 3.63) is 29.3 Å². The first-order chi connectivity index (χ1) is 6.66. The summed E-state index contributed by atoms with van der Waals surface area (Å²) < 4.78 is 0. The molecule has 0 saturated heterocycles. The average molecular weight is 191 g/mol. The van der Waals surface area contributed by atoms with Crippen LogP contribution in [0.3, 0.4) is 0 Å². The van der Waals surface area contributed by atoms with E-state index in [1.165, 1.54) is 0 Å². The van der Waals surface area contributed by atoms with Crippen LogP contribution in [0.2, 0.25) is 0 Å². The maximum Gasteiger partial charge on any atom is 0.224 e. The van der Waals surface area contributed by atoms with Crippen molar-refractivity contribution in [3.63, 3.8) is 0 Å².